The first-order valence-corrected chi connectivity index (χ1v) is 9.90. The van der Waals surface area contributed by atoms with Crippen LogP contribution in [0.5, 0.6) is 17.2 Å². The molecule has 0 spiro atoms. The molecular weight excluding hydrogens is 370 g/mol. The van der Waals surface area contributed by atoms with Gasteiger partial charge in [0.05, 0.1) is 18.8 Å². The van der Waals surface area contributed by atoms with Crippen molar-refractivity contribution in [2.24, 2.45) is 4.99 Å². The number of nitrogens with one attached hydrogen (secondary N) is 2. The maximum absolute atomic E-state index is 10.5. The van der Waals surface area contributed by atoms with Crippen molar-refractivity contribution in [3.63, 3.8) is 0 Å². The number of hydrogen-bond acceptors (Lipinski definition) is 5. The number of benzene rings is 2. The lowest BCUT2D eigenvalue weighted by molar-refractivity contribution is 0.174. The fourth-order valence-corrected chi connectivity index (χ4v) is 2.90. The summed E-state index contributed by atoms with van der Waals surface area (Å²) in [7, 11) is 0. The molecule has 7 heteroatoms. The maximum Gasteiger partial charge on any atom is 0.231 e. The third-order valence-electron chi connectivity index (χ3n) is 4.30. The van der Waals surface area contributed by atoms with Gasteiger partial charge in [-0.1, -0.05) is 18.2 Å². The Kier molecular flexibility index (Phi) is 7.19. The predicted molar refractivity (Wildman–Crippen MR) is 113 cm³/mol. The van der Waals surface area contributed by atoms with E-state index < -0.39 is 6.10 Å². The van der Waals surface area contributed by atoms with E-state index in [0.29, 0.717) is 19.0 Å². The summed E-state index contributed by atoms with van der Waals surface area (Å²) in [6, 6.07) is 13.3. The smallest absolute Gasteiger partial charge is 0.231 e. The van der Waals surface area contributed by atoms with Gasteiger partial charge in [-0.25, -0.2) is 4.99 Å². The Bertz CT molecular complexity index is 821. The second-order valence-corrected chi connectivity index (χ2v) is 7.02. The van der Waals surface area contributed by atoms with E-state index in [-0.39, 0.29) is 12.9 Å². The second kappa shape index (κ2) is 10.0. The van der Waals surface area contributed by atoms with Gasteiger partial charge in [-0.05, 0) is 56.2 Å². The molecule has 0 amide bonds. The summed E-state index contributed by atoms with van der Waals surface area (Å²) in [5, 5.41) is 16.9. The van der Waals surface area contributed by atoms with E-state index in [1.54, 1.807) is 0 Å². The average Bonchev–Trinajstić information content (AvgIpc) is 3.18. The Morgan fingerprint density at radius 2 is 1.86 bits per heavy atom. The molecule has 1 aliphatic heterocycles. The van der Waals surface area contributed by atoms with Gasteiger partial charge in [-0.15, -0.1) is 0 Å². The number of nitrogens with zero attached hydrogens (tertiary/aromatic N) is 1. The summed E-state index contributed by atoms with van der Waals surface area (Å²) in [6.45, 7) is 7.79. The van der Waals surface area contributed by atoms with Gasteiger partial charge in [0.15, 0.2) is 17.5 Å². The maximum atomic E-state index is 10.5. The highest BCUT2D eigenvalue weighted by molar-refractivity contribution is 5.79. The lowest BCUT2D eigenvalue weighted by Crippen LogP contribution is -2.39. The van der Waals surface area contributed by atoms with Crippen molar-refractivity contribution >= 4 is 5.96 Å². The number of guanidine groups is 1. The van der Waals surface area contributed by atoms with E-state index in [2.05, 4.69) is 15.6 Å². The fraction of sp³-hybridized carbons (Fsp3) is 0.409. The summed E-state index contributed by atoms with van der Waals surface area (Å²) >= 11 is 0. The largest absolute Gasteiger partial charge is 0.491 e. The van der Waals surface area contributed by atoms with Crippen molar-refractivity contribution in [2.75, 3.05) is 19.9 Å². The Balaban J connectivity index is 1.56. The molecule has 0 aliphatic carbocycles. The molecule has 0 radical (unpaired) electrons. The SMILES string of the molecule is CCNC(=NCc1ccc2c(c1)OCO2)NCC(O)c1ccc(OC(C)C)cc1. The molecule has 0 saturated heterocycles. The van der Waals surface area contributed by atoms with E-state index >= 15 is 0 Å². The zero-order chi connectivity index (χ0) is 20.6. The van der Waals surface area contributed by atoms with Crippen LogP contribution >= 0.6 is 0 Å². The topological polar surface area (TPSA) is 84.3 Å². The summed E-state index contributed by atoms with van der Waals surface area (Å²) < 4.78 is 16.4. The number of rotatable bonds is 8. The molecule has 3 rings (SSSR count). The highest BCUT2D eigenvalue weighted by Gasteiger charge is 2.13. The van der Waals surface area contributed by atoms with Crippen molar-refractivity contribution in [3.05, 3.63) is 53.6 Å². The van der Waals surface area contributed by atoms with Crippen LogP contribution in [0.15, 0.2) is 47.5 Å². The number of aliphatic hydroxyl groups is 1. The van der Waals surface area contributed by atoms with Gasteiger partial charge in [0.1, 0.15) is 5.75 Å². The van der Waals surface area contributed by atoms with Crippen molar-refractivity contribution in [1.82, 2.24) is 10.6 Å². The van der Waals surface area contributed by atoms with Crippen LogP contribution in [0.25, 0.3) is 0 Å². The minimum Gasteiger partial charge on any atom is -0.491 e. The molecule has 1 atom stereocenters. The lowest BCUT2D eigenvalue weighted by atomic mass is 10.1. The second-order valence-electron chi connectivity index (χ2n) is 7.02. The summed E-state index contributed by atoms with van der Waals surface area (Å²) in [5.41, 5.74) is 1.84. The first kappa shape index (κ1) is 20.8. The Morgan fingerprint density at radius 3 is 2.59 bits per heavy atom. The van der Waals surface area contributed by atoms with Gasteiger partial charge in [-0.2, -0.15) is 0 Å². The predicted octanol–water partition coefficient (Wildman–Crippen LogP) is 2.99. The number of ether oxygens (including phenoxy) is 3. The van der Waals surface area contributed by atoms with Crippen molar-refractivity contribution in [1.29, 1.82) is 0 Å². The molecule has 2 aromatic rings. The van der Waals surface area contributed by atoms with E-state index in [9.17, 15) is 5.11 Å². The molecule has 2 aromatic carbocycles. The molecule has 3 N–H and O–H groups in total. The average molecular weight is 399 g/mol. The molecular formula is C22H29N3O4. The molecule has 1 aliphatic rings. The summed E-state index contributed by atoms with van der Waals surface area (Å²) in [6.07, 6.45) is -0.534. The van der Waals surface area contributed by atoms with Crippen LogP contribution in [0.1, 0.15) is 38.0 Å². The quantitative estimate of drug-likeness (QED) is 0.468. The van der Waals surface area contributed by atoms with Gasteiger partial charge in [0.25, 0.3) is 0 Å². The van der Waals surface area contributed by atoms with E-state index in [0.717, 1.165) is 34.9 Å². The Morgan fingerprint density at radius 1 is 1.10 bits per heavy atom. The Hall–Kier alpha value is -2.93. The van der Waals surface area contributed by atoms with E-state index in [4.69, 9.17) is 14.2 Å². The molecule has 29 heavy (non-hydrogen) atoms. The van der Waals surface area contributed by atoms with Crippen LogP contribution < -0.4 is 24.8 Å². The third-order valence-corrected chi connectivity index (χ3v) is 4.30. The van der Waals surface area contributed by atoms with Gasteiger partial charge in [-0.3, -0.25) is 0 Å². The standard InChI is InChI=1S/C22H29N3O4/c1-4-23-22(24-12-16-5-10-20-21(11-16)28-14-27-20)25-13-19(26)17-6-8-18(9-7-17)29-15(2)3/h5-11,15,19,26H,4,12-14H2,1-3H3,(H2,23,24,25). The van der Waals surface area contributed by atoms with Crippen LogP contribution in [-0.2, 0) is 6.54 Å². The third kappa shape index (κ3) is 6.02. The molecule has 156 valence electrons. The van der Waals surface area contributed by atoms with Crippen molar-refractivity contribution in [2.45, 2.75) is 39.5 Å². The summed E-state index contributed by atoms with van der Waals surface area (Å²) in [5.74, 6) is 2.94. The van der Waals surface area contributed by atoms with Crippen molar-refractivity contribution in [3.8, 4) is 17.2 Å². The zero-order valence-corrected chi connectivity index (χ0v) is 17.1. The van der Waals surface area contributed by atoms with Crippen molar-refractivity contribution < 1.29 is 19.3 Å². The summed E-state index contributed by atoms with van der Waals surface area (Å²) in [4.78, 5) is 4.59. The molecule has 7 nitrogen and oxygen atoms in total. The molecule has 0 aromatic heterocycles. The van der Waals surface area contributed by atoms with Gasteiger partial charge in [0.2, 0.25) is 6.79 Å². The molecule has 0 bridgehead atoms. The van der Waals surface area contributed by atoms with Gasteiger partial charge < -0.3 is 30.0 Å². The molecule has 1 heterocycles. The van der Waals surface area contributed by atoms with Crippen LogP contribution in [0.2, 0.25) is 0 Å². The zero-order valence-electron chi connectivity index (χ0n) is 17.1. The van der Waals surface area contributed by atoms with Gasteiger partial charge >= 0.3 is 0 Å². The number of fused-ring (bicyclic) bond motifs is 1. The fourth-order valence-electron chi connectivity index (χ4n) is 2.90. The molecule has 1 unspecified atom stereocenters. The lowest BCUT2D eigenvalue weighted by Gasteiger charge is -2.16. The highest BCUT2D eigenvalue weighted by atomic mass is 16.7. The minimum atomic E-state index is -0.655. The van der Waals surface area contributed by atoms with Crippen LogP contribution in [0, 0.1) is 0 Å². The normalized spacial score (nSPS) is 14.0. The number of aliphatic hydroxyl groups excluding tert-OH is 1. The van der Waals surface area contributed by atoms with Gasteiger partial charge in [0, 0.05) is 13.1 Å². The Labute approximate surface area is 171 Å². The highest BCUT2D eigenvalue weighted by Crippen LogP contribution is 2.32. The minimum absolute atomic E-state index is 0.121. The van der Waals surface area contributed by atoms with Crippen LogP contribution in [0.3, 0.4) is 0 Å². The van der Waals surface area contributed by atoms with E-state index in [1.807, 2.05) is 63.2 Å². The monoisotopic (exact) mass is 399 g/mol. The first-order chi connectivity index (χ1) is 14.0. The van der Waals surface area contributed by atoms with E-state index in [1.165, 1.54) is 0 Å². The van der Waals surface area contributed by atoms with Crippen LogP contribution in [0.4, 0.5) is 0 Å². The number of hydrogen-bond donors (Lipinski definition) is 3. The van der Waals surface area contributed by atoms with Crippen LogP contribution in [-0.4, -0.2) is 37.1 Å². The first-order valence-electron chi connectivity index (χ1n) is 9.90. The molecule has 0 saturated carbocycles. The molecule has 0 fully saturated rings. The number of aliphatic imine (C=N–C) groups is 1.